The van der Waals surface area contributed by atoms with Crippen molar-refractivity contribution in [3.05, 3.63) is 81.8 Å². The van der Waals surface area contributed by atoms with E-state index in [2.05, 4.69) is 25.7 Å². The maximum absolute atomic E-state index is 14.1. The number of para-hydroxylation sites is 1. The molecule has 42 heavy (non-hydrogen) atoms. The highest BCUT2D eigenvalue weighted by Gasteiger charge is 2.35. The van der Waals surface area contributed by atoms with Crippen molar-refractivity contribution in [1.29, 1.82) is 0 Å². The lowest BCUT2D eigenvalue weighted by Crippen LogP contribution is -2.42. The highest BCUT2D eigenvalue weighted by molar-refractivity contribution is 5.90. The van der Waals surface area contributed by atoms with Crippen molar-refractivity contribution in [2.75, 3.05) is 38.7 Å². The molecule has 1 saturated heterocycles. The minimum atomic E-state index is -0.937. The van der Waals surface area contributed by atoms with Crippen LogP contribution in [0.15, 0.2) is 57.7 Å². The van der Waals surface area contributed by atoms with Gasteiger partial charge in [-0.1, -0.05) is 24.3 Å². The molecule has 4 aromatic rings. The molecule has 5 rings (SSSR count). The number of carbonyl (C=O) groups is 1. The first-order valence-electron chi connectivity index (χ1n) is 13.6. The number of hydrogen-bond donors (Lipinski definition) is 2. The number of amides is 2. The second-order valence-corrected chi connectivity index (χ2v) is 10.5. The van der Waals surface area contributed by atoms with Crippen LogP contribution in [0.3, 0.4) is 0 Å². The number of urea groups is 1. The largest absolute Gasteiger partial charge is 0.437 e. The van der Waals surface area contributed by atoms with Gasteiger partial charge in [-0.2, -0.15) is 9.78 Å². The Kier molecular flexibility index (Phi) is 8.50. The third kappa shape index (κ3) is 5.97. The molecule has 1 aliphatic heterocycles. The van der Waals surface area contributed by atoms with E-state index in [4.69, 9.17) is 9.15 Å². The van der Waals surface area contributed by atoms with Crippen LogP contribution in [0.25, 0.3) is 17.3 Å². The lowest BCUT2D eigenvalue weighted by molar-refractivity contribution is 0.159. The van der Waals surface area contributed by atoms with Crippen LogP contribution in [0.2, 0.25) is 0 Å². The van der Waals surface area contributed by atoms with E-state index >= 15 is 0 Å². The number of aromatic nitrogens is 4. The van der Waals surface area contributed by atoms with Gasteiger partial charge in [-0.25, -0.2) is 23.1 Å². The molecule has 0 radical (unpaired) electrons. The van der Waals surface area contributed by atoms with E-state index in [-0.39, 0.29) is 17.9 Å². The van der Waals surface area contributed by atoms with Gasteiger partial charge in [-0.05, 0) is 50.6 Å². The molecule has 222 valence electrons. The first kappa shape index (κ1) is 29.1. The number of ether oxygens (including phenoxy) is 1. The zero-order valence-corrected chi connectivity index (χ0v) is 23.8. The van der Waals surface area contributed by atoms with Crippen molar-refractivity contribution in [2.45, 2.75) is 38.8 Å². The van der Waals surface area contributed by atoms with Gasteiger partial charge in [0.15, 0.2) is 17.3 Å². The highest BCUT2D eigenvalue weighted by Crippen LogP contribution is 2.31. The fourth-order valence-corrected chi connectivity index (χ4v) is 5.14. The van der Waals surface area contributed by atoms with Crippen LogP contribution in [-0.2, 0) is 4.74 Å². The minimum Gasteiger partial charge on any atom is -0.386 e. The van der Waals surface area contributed by atoms with Crippen LogP contribution < -0.4 is 16.4 Å². The average Bonchev–Trinajstić information content (AvgIpc) is 3.65. The van der Waals surface area contributed by atoms with Crippen molar-refractivity contribution in [1.82, 2.24) is 29.8 Å². The second-order valence-electron chi connectivity index (χ2n) is 10.5. The molecule has 2 N–H and O–H groups in total. The van der Waals surface area contributed by atoms with Gasteiger partial charge in [0.05, 0.1) is 24.4 Å². The predicted octanol–water partition coefficient (Wildman–Crippen LogP) is 4.09. The van der Waals surface area contributed by atoms with E-state index in [1.807, 2.05) is 44.2 Å². The molecular weight excluding hydrogens is 548 g/mol. The summed E-state index contributed by atoms with van der Waals surface area (Å²) in [7, 11) is 1.61. The van der Waals surface area contributed by atoms with Crippen molar-refractivity contribution < 1.29 is 22.7 Å². The van der Waals surface area contributed by atoms with Crippen molar-refractivity contribution in [2.24, 2.45) is 0 Å². The summed E-state index contributed by atoms with van der Waals surface area (Å²) >= 11 is 0. The smallest absolute Gasteiger partial charge is 0.386 e. The average molecular weight is 582 g/mol. The van der Waals surface area contributed by atoms with Gasteiger partial charge in [-0.15, -0.1) is 5.10 Å². The summed E-state index contributed by atoms with van der Waals surface area (Å²) in [4.78, 5) is 27.9. The van der Waals surface area contributed by atoms with Gasteiger partial charge in [0.1, 0.15) is 5.82 Å². The summed E-state index contributed by atoms with van der Waals surface area (Å²) in [6.45, 7) is 7.50. The molecule has 2 atom stereocenters. The van der Waals surface area contributed by atoms with E-state index < -0.39 is 29.5 Å². The van der Waals surface area contributed by atoms with E-state index in [0.717, 1.165) is 6.07 Å². The van der Waals surface area contributed by atoms with E-state index in [9.17, 15) is 18.4 Å². The summed E-state index contributed by atoms with van der Waals surface area (Å²) in [5.41, 5.74) is 2.09. The molecule has 0 unspecified atom stereocenters. The molecule has 13 heteroatoms. The monoisotopic (exact) mass is 581 g/mol. The zero-order valence-electron chi connectivity index (χ0n) is 23.8. The minimum absolute atomic E-state index is 0.0346. The second kappa shape index (κ2) is 12.2. The summed E-state index contributed by atoms with van der Waals surface area (Å²) in [5.74, 6) is -2.37. The van der Waals surface area contributed by atoms with Crippen LogP contribution in [0.5, 0.6) is 0 Å². The maximum Gasteiger partial charge on any atom is 0.437 e. The summed E-state index contributed by atoms with van der Waals surface area (Å²) in [6.07, 6.45) is 0. The molecule has 0 spiro atoms. The lowest BCUT2D eigenvalue weighted by Gasteiger charge is -2.21. The Balaban J connectivity index is 1.44. The topological polar surface area (TPSA) is 119 Å². The number of hydrogen-bond acceptors (Lipinski definition) is 7. The van der Waals surface area contributed by atoms with Crippen LogP contribution in [-0.4, -0.2) is 69.9 Å². The van der Waals surface area contributed by atoms with Gasteiger partial charge in [-0.3, -0.25) is 10.2 Å². The number of nitrogens with one attached hydrogen (secondary N) is 2. The van der Waals surface area contributed by atoms with E-state index in [1.54, 1.807) is 24.8 Å². The number of carbonyl (C=O) groups excluding carboxylic acids is 1. The first-order chi connectivity index (χ1) is 20.2. The Labute approximate surface area is 241 Å². The number of rotatable bonds is 9. The molecule has 1 fully saturated rings. The molecule has 2 amide bonds. The standard InChI is InChI=1S/C29H33F2N7O4/c1-17(2)37-29(40)42-27(35-37)25-18(3)26(38(34-25)20-8-6-5-7-9-20)33-28(39)32-24-16-36(12-13-41-4)15-21(24)19-10-11-22(30)23(31)14-19/h5-11,14,17,21,24H,12-13,15-16H2,1-4H3,(H2,32,33,39)/t21-,24+/m0/s1. The Bertz CT molecular complexity index is 1620. The zero-order chi connectivity index (χ0) is 30.0. The Morgan fingerprint density at radius 2 is 1.88 bits per heavy atom. The fraction of sp³-hybridized carbons (Fsp3) is 0.379. The number of nitrogens with zero attached hydrogens (tertiary/aromatic N) is 5. The Hall–Kier alpha value is -4.36. The van der Waals surface area contributed by atoms with Crippen LogP contribution in [0.1, 0.15) is 36.9 Å². The van der Waals surface area contributed by atoms with Gasteiger partial charge in [0, 0.05) is 38.2 Å². The number of methoxy groups -OCH3 is 1. The Morgan fingerprint density at radius 3 is 2.55 bits per heavy atom. The molecule has 1 aliphatic rings. The van der Waals surface area contributed by atoms with Crippen molar-refractivity contribution in [3.63, 3.8) is 0 Å². The highest BCUT2D eigenvalue weighted by atomic mass is 19.2. The molecular formula is C29H33F2N7O4. The fourth-order valence-electron chi connectivity index (χ4n) is 5.14. The van der Waals surface area contributed by atoms with Crippen molar-refractivity contribution in [3.8, 4) is 17.3 Å². The van der Waals surface area contributed by atoms with Gasteiger partial charge >= 0.3 is 11.8 Å². The van der Waals surface area contributed by atoms with Gasteiger partial charge in [0.25, 0.3) is 5.89 Å². The van der Waals surface area contributed by atoms with Crippen LogP contribution >= 0.6 is 0 Å². The molecule has 0 bridgehead atoms. The number of halogens is 2. The van der Waals surface area contributed by atoms with Gasteiger partial charge in [0.2, 0.25) is 0 Å². The number of likely N-dealkylation sites (tertiary alicyclic amines) is 1. The quantitative estimate of drug-likeness (QED) is 0.306. The van der Waals surface area contributed by atoms with Crippen LogP contribution in [0, 0.1) is 18.6 Å². The first-order valence-corrected chi connectivity index (χ1v) is 13.6. The molecule has 0 aliphatic carbocycles. The number of benzene rings is 2. The molecule has 3 heterocycles. The molecule has 0 saturated carbocycles. The third-order valence-electron chi connectivity index (χ3n) is 7.31. The van der Waals surface area contributed by atoms with E-state index in [1.165, 1.54) is 10.7 Å². The molecule has 2 aromatic heterocycles. The molecule has 11 nitrogen and oxygen atoms in total. The van der Waals surface area contributed by atoms with Crippen molar-refractivity contribution >= 4 is 11.8 Å². The number of anilines is 1. The predicted molar refractivity (Wildman–Crippen MR) is 152 cm³/mol. The Morgan fingerprint density at radius 1 is 1.12 bits per heavy atom. The maximum atomic E-state index is 14.1. The summed E-state index contributed by atoms with van der Waals surface area (Å²) in [6, 6.07) is 11.9. The third-order valence-corrected chi connectivity index (χ3v) is 7.31. The molecule has 2 aromatic carbocycles. The summed E-state index contributed by atoms with van der Waals surface area (Å²) < 4.78 is 41.2. The SMILES string of the molecule is COCCN1C[C@@H](NC(=O)Nc2c(C)c(-c3nn(C(C)C)c(=O)o3)nn2-c2ccccc2)[C@H](c2ccc(F)c(F)c2)C1. The van der Waals surface area contributed by atoms with Crippen LogP contribution in [0.4, 0.5) is 19.4 Å². The summed E-state index contributed by atoms with van der Waals surface area (Å²) in [5, 5.41) is 14.9. The van der Waals surface area contributed by atoms with E-state index in [0.29, 0.717) is 54.6 Å². The lowest BCUT2D eigenvalue weighted by atomic mass is 9.94. The van der Waals surface area contributed by atoms with Gasteiger partial charge < -0.3 is 14.5 Å². The normalized spacial score (nSPS) is 17.2.